The Morgan fingerprint density at radius 1 is 1.71 bits per heavy atom. The predicted octanol–water partition coefficient (Wildman–Crippen LogP) is 1.34. The van der Waals surface area contributed by atoms with Crippen molar-refractivity contribution in [3.8, 4) is 0 Å². The Hall–Kier alpha value is 0.293. The molecule has 0 atom stereocenters. The topological polar surface area (TPSA) is 17.1 Å². The van der Waals surface area contributed by atoms with E-state index in [0.717, 1.165) is 6.42 Å². The second-order valence-electron chi connectivity index (χ2n) is 0.704. The van der Waals surface area contributed by atoms with Crippen LogP contribution in [0.1, 0.15) is 20.3 Å². The SMILES string of the molecule is C[C-]=O.[CH2-]CC.[Zn+2]. The van der Waals surface area contributed by atoms with Gasteiger partial charge in [0.05, 0.1) is 0 Å². The molecule has 1 nitrogen and oxygen atoms in total. The van der Waals surface area contributed by atoms with Gasteiger partial charge in [0, 0.05) is 0 Å². The average molecular weight is 152 g/mol. The van der Waals surface area contributed by atoms with E-state index in [2.05, 4.69) is 6.92 Å². The molecule has 0 unspecified atom stereocenters. The molecule has 2 heteroatoms. The summed E-state index contributed by atoms with van der Waals surface area (Å²) < 4.78 is 0. The third kappa shape index (κ3) is 1350. The van der Waals surface area contributed by atoms with E-state index in [0.29, 0.717) is 0 Å². The fourth-order valence-corrected chi connectivity index (χ4v) is 0. The summed E-state index contributed by atoms with van der Waals surface area (Å²) >= 11 is 0. The summed E-state index contributed by atoms with van der Waals surface area (Å²) in [7, 11) is 0. The van der Waals surface area contributed by atoms with E-state index in [1.54, 1.807) is 0 Å². The predicted molar refractivity (Wildman–Crippen MR) is 27.0 cm³/mol. The zero-order chi connectivity index (χ0) is 5.41. The Labute approximate surface area is 58.2 Å². The third-order valence-electron chi connectivity index (χ3n) is 0. The van der Waals surface area contributed by atoms with E-state index in [-0.39, 0.29) is 19.5 Å². The zero-order valence-corrected chi connectivity index (χ0v) is 8.00. The molecular formula is C5H10OZn. The Kier molecular flexibility index (Phi) is 75.1. The fourth-order valence-electron chi connectivity index (χ4n) is 0. The molecule has 7 heavy (non-hydrogen) atoms. The van der Waals surface area contributed by atoms with Crippen LogP contribution >= 0.6 is 0 Å². The van der Waals surface area contributed by atoms with Gasteiger partial charge in [-0.05, 0) is 0 Å². The Bertz CT molecular complexity index is 22.0. The molecule has 0 aromatic heterocycles. The van der Waals surface area contributed by atoms with E-state index in [9.17, 15) is 0 Å². The summed E-state index contributed by atoms with van der Waals surface area (Å²) in [5.74, 6) is 0. The van der Waals surface area contributed by atoms with Gasteiger partial charge in [-0.15, -0.1) is 0 Å². The van der Waals surface area contributed by atoms with Crippen molar-refractivity contribution < 1.29 is 24.3 Å². The molecule has 0 fully saturated rings. The van der Waals surface area contributed by atoms with Gasteiger partial charge in [-0.1, -0.05) is 6.92 Å². The molecule has 0 aromatic rings. The Morgan fingerprint density at radius 2 is 1.71 bits per heavy atom. The molecule has 0 rings (SSSR count). The van der Waals surface area contributed by atoms with Crippen LogP contribution in [0.2, 0.25) is 0 Å². The first kappa shape index (κ1) is 15.7. The van der Waals surface area contributed by atoms with Gasteiger partial charge in [0.1, 0.15) is 0 Å². The van der Waals surface area contributed by atoms with Gasteiger partial charge < -0.3 is 11.7 Å². The van der Waals surface area contributed by atoms with Crippen LogP contribution in [-0.2, 0) is 24.3 Å². The summed E-state index contributed by atoms with van der Waals surface area (Å²) in [6, 6.07) is 0. The molecule has 0 aliphatic rings. The van der Waals surface area contributed by atoms with Crippen molar-refractivity contribution in [3.05, 3.63) is 6.92 Å². The van der Waals surface area contributed by atoms with Gasteiger partial charge in [0.25, 0.3) is 0 Å². The van der Waals surface area contributed by atoms with Crippen LogP contribution in [0.3, 0.4) is 0 Å². The molecule has 0 N–H and O–H groups in total. The Morgan fingerprint density at radius 3 is 1.71 bits per heavy atom. The first-order valence-electron chi connectivity index (χ1n) is 1.91. The van der Waals surface area contributed by atoms with Gasteiger partial charge in [-0.25, -0.2) is 0 Å². The molecule has 0 aliphatic carbocycles. The van der Waals surface area contributed by atoms with Crippen LogP contribution in [0.4, 0.5) is 0 Å². The van der Waals surface area contributed by atoms with E-state index in [4.69, 9.17) is 4.79 Å². The minimum absolute atomic E-state index is 0. The number of rotatable bonds is 0. The summed E-state index contributed by atoms with van der Waals surface area (Å²) in [5, 5.41) is 0. The second kappa shape index (κ2) is 33.5. The molecule has 0 saturated carbocycles. The maximum Gasteiger partial charge on any atom is 2.00 e. The van der Waals surface area contributed by atoms with Crippen molar-refractivity contribution in [2.75, 3.05) is 0 Å². The number of hydrogen-bond donors (Lipinski definition) is 0. The monoisotopic (exact) mass is 150 g/mol. The van der Waals surface area contributed by atoms with Crippen molar-refractivity contribution in [1.82, 2.24) is 0 Å². The molecule has 0 amide bonds. The summed E-state index contributed by atoms with van der Waals surface area (Å²) in [4.78, 5) is 8.68. The van der Waals surface area contributed by atoms with Crippen molar-refractivity contribution in [2.24, 2.45) is 0 Å². The molecule has 0 aromatic carbocycles. The number of carbonyl (C=O) groups excluding carboxylic acids is 1. The standard InChI is InChI=1S/C3H7.C2H3O.Zn/c1-3-2;1-2-3;/h1,3H2,2H3;1H3;/q2*-1;+2. The maximum atomic E-state index is 8.68. The van der Waals surface area contributed by atoms with Crippen molar-refractivity contribution in [2.45, 2.75) is 20.3 Å². The van der Waals surface area contributed by atoms with Gasteiger partial charge >= 0.3 is 19.5 Å². The minimum atomic E-state index is 0. The van der Waals surface area contributed by atoms with Crippen LogP contribution in [0, 0.1) is 6.92 Å². The molecule has 0 bridgehead atoms. The van der Waals surface area contributed by atoms with Gasteiger partial charge in [0.15, 0.2) is 0 Å². The zero-order valence-electron chi connectivity index (χ0n) is 5.03. The third-order valence-corrected chi connectivity index (χ3v) is 0. The van der Waals surface area contributed by atoms with Crippen LogP contribution < -0.4 is 0 Å². The first-order valence-corrected chi connectivity index (χ1v) is 1.91. The molecule has 0 spiro atoms. The second-order valence-corrected chi connectivity index (χ2v) is 0.704. The van der Waals surface area contributed by atoms with Crippen LogP contribution in [-0.4, -0.2) is 6.29 Å². The van der Waals surface area contributed by atoms with Gasteiger partial charge in [-0.2, -0.15) is 13.3 Å². The molecular weight excluding hydrogens is 141 g/mol. The van der Waals surface area contributed by atoms with Crippen LogP contribution in [0.5, 0.6) is 0 Å². The van der Waals surface area contributed by atoms with E-state index < -0.39 is 0 Å². The van der Waals surface area contributed by atoms with E-state index >= 15 is 0 Å². The van der Waals surface area contributed by atoms with Crippen molar-refractivity contribution in [3.63, 3.8) is 0 Å². The van der Waals surface area contributed by atoms with Crippen molar-refractivity contribution >= 4 is 6.29 Å². The fraction of sp³-hybridized carbons (Fsp3) is 0.600. The summed E-state index contributed by atoms with van der Waals surface area (Å²) in [6.07, 6.45) is 2.50. The molecule has 0 radical (unpaired) electrons. The minimum Gasteiger partial charge on any atom is -0.542 e. The summed E-state index contributed by atoms with van der Waals surface area (Å²) in [6.45, 7) is 6.82. The van der Waals surface area contributed by atoms with Crippen LogP contribution in [0.25, 0.3) is 0 Å². The van der Waals surface area contributed by atoms with E-state index in [1.165, 1.54) is 13.2 Å². The molecule has 0 aliphatic heterocycles. The smallest absolute Gasteiger partial charge is 0.542 e. The first-order chi connectivity index (χ1) is 2.83. The van der Waals surface area contributed by atoms with Crippen molar-refractivity contribution in [1.29, 1.82) is 0 Å². The summed E-state index contributed by atoms with van der Waals surface area (Å²) in [5.41, 5.74) is 0. The quantitative estimate of drug-likeness (QED) is 0.377. The Balaban J connectivity index is -0.0000000400. The molecule has 38 valence electrons. The van der Waals surface area contributed by atoms with Gasteiger partial charge in [-0.3, -0.25) is 6.29 Å². The molecule has 0 saturated heterocycles. The van der Waals surface area contributed by atoms with Crippen LogP contribution in [0.15, 0.2) is 0 Å². The average Bonchev–Trinajstić information content (AvgIpc) is 1.39. The normalized spacial score (nSPS) is 4.43. The van der Waals surface area contributed by atoms with E-state index in [1.807, 2.05) is 6.92 Å². The number of hydrogen-bond acceptors (Lipinski definition) is 1. The largest absolute Gasteiger partial charge is 2.00 e. The maximum absolute atomic E-state index is 8.68. The van der Waals surface area contributed by atoms with Gasteiger partial charge in [0.2, 0.25) is 0 Å². The molecule has 0 heterocycles.